The molecule has 2 amide bonds. The molecule has 2 fully saturated rings. The molecule has 0 aliphatic carbocycles. The molecule has 2 aliphatic heterocycles. The van der Waals surface area contributed by atoms with Gasteiger partial charge in [-0.1, -0.05) is 0 Å². The Balaban J connectivity index is 3.10. The molecule has 2 rings (SSSR count). The number of ether oxygens (including phenoxy) is 12. The highest BCUT2D eigenvalue weighted by Crippen LogP contribution is 2.40. The minimum Gasteiger partial charge on any atom is -0.465 e. The Bertz CT molecular complexity index is 2000. The highest BCUT2D eigenvalue weighted by Gasteiger charge is 2.62. The minimum absolute atomic E-state index is 0.633. The number of carbonyl (C=O) groups excluding carboxylic acids is 11. The van der Waals surface area contributed by atoms with E-state index >= 15 is 0 Å². The number of hydrogen-bond donors (Lipinski definition) is 3. The maximum atomic E-state index is 14.0. The Labute approximate surface area is 390 Å². The van der Waals surface area contributed by atoms with Crippen molar-refractivity contribution in [3.05, 3.63) is 0 Å². The molecular formula is C38H48F6N2O24. The fraction of sp³-hybridized carbons (Fsp3) is 0.711. The van der Waals surface area contributed by atoms with Crippen molar-refractivity contribution in [3.8, 4) is 0 Å². The van der Waals surface area contributed by atoms with Crippen molar-refractivity contribution in [3.63, 3.8) is 0 Å². The summed E-state index contributed by atoms with van der Waals surface area (Å²) in [6.45, 7) is 2.26. The molecule has 26 nitrogen and oxygen atoms in total. The van der Waals surface area contributed by atoms with E-state index in [1.165, 1.54) is 10.6 Å². The predicted molar refractivity (Wildman–Crippen MR) is 203 cm³/mol. The van der Waals surface area contributed by atoms with E-state index in [1.54, 1.807) is 0 Å². The van der Waals surface area contributed by atoms with Crippen molar-refractivity contribution < 1.29 is 141 Å². The number of amides is 2. The molecule has 0 bridgehead atoms. The first-order chi connectivity index (χ1) is 32.1. The summed E-state index contributed by atoms with van der Waals surface area (Å²) in [5, 5.41) is 14.2. The smallest absolute Gasteiger partial charge is 0.465 e. The fourth-order valence-electron chi connectivity index (χ4n) is 6.97. The van der Waals surface area contributed by atoms with E-state index in [-0.39, 0.29) is 0 Å². The Morgan fingerprint density at radius 2 is 0.943 bits per heavy atom. The summed E-state index contributed by atoms with van der Waals surface area (Å²) in [4.78, 5) is 139. The summed E-state index contributed by atoms with van der Waals surface area (Å²) in [6, 6.07) is -4.93. The van der Waals surface area contributed by atoms with Gasteiger partial charge in [0.15, 0.2) is 24.4 Å². The van der Waals surface area contributed by atoms with Gasteiger partial charge in [-0.05, 0) is 0 Å². The highest BCUT2D eigenvalue weighted by atomic mass is 19.4. The lowest BCUT2D eigenvalue weighted by Gasteiger charge is -2.49. The molecule has 0 radical (unpaired) electrons. The van der Waals surface area contributed by atoms with Crippen LogP contribution in [0.5, 0.6) is 0 Å². The molecule has 0 spiro atoms. The molecule has 0 unspecified atom stereocenters. The number of rotatable bonds is 19. The molecule has 32 heteroatoms. The van der Waals surface area contributed by atoms with E-state index in [0.29, 0.717) is 48.8 Å². The Kier molecular flexibility index (Phi) is 20.8. The van der Waals surface area contributed by atoms with Crippen LogP contribution in [-0.4, -0.2) is 183 Å². The normalized spacial score (nSPS) is 26.2. The second-order valence-electron chi connectivity index (χ2n) is 14.9. The van der Waals surface area contributed by atoms with E-state index in [1.807, 2.05) is 0 Å². The zero-order chi connectivity index (χ0) is 53.9. The summed E-state index contributed by atoms with van der Waals surface area (Å²) in [7, 11) is 1.31. The Hall–Kier alpha value is -6.41. The van der Waals surface area contributed by atoms with Crippen molar-refractivity contribution in [1.82, 2.24) is 10.6 Å². The van der Waals surface area contributed by atoms with Gasteiger partial charge in [0.25, 0.3) is 11.6 Å². The third-order valence-corrected chi connectivity index (χ3v) is 9.41. The third-order valence-electron chi connectivity index (χ3n) is 9.41. The number of methoxy groups -OCH3 is 2. The summed E-state index contributed by atoms with van der Waals surface area (Å²) in [6.07, 6.45) is -33.8. The van der Waals surface area contributed by atoms with Crippen LogP contribution in [0.3, 0.4) is 0 Å². The number of carbonyl (C=O) groups is 11. The van der Waals surface area contributed by atoms with Gasteiger partial charge in [0.05, 0.1) is 45.8 Å². The molecule has 2 aliphatic rings. The maximum Gasteiger partial charge on any atom is 0.471 e. The molecule has 70 heavy (non-hydrogen) atoms. The quantitative estimate of drug-likeness (QED) is 0.0758. The molecule has 0 aromatic rings. The molecule has 2 saturated heterocycles. The molecular weight excluding hydrogens is 982 g/mol. The number of halogens is 6. The van der Waals surface area contributed by atoms with E-state index < -0.39 is 176 Å². The standard InChI is InChI=1S/C38H48F6N2O24/c1-14(47)61-12-23(65-17(4)50)27(67-19(6)52)30-26(46-32(55)38(42,43)44)22(64-16(3)49)11-36(70-30,34(57)60-9)62-13-24(66-18(5)51)28(68-20(7)53)29-25(45-31(54)37(39,40)41)21(63-15(2)48)10-35(58,69-29)33(56)59-8/h21-30,58H,10-13H2,1-9H3,(H,45,54)(H,46,55)/t21-,22-,23+,24+,25+,26+,27+,28+,29+,30+,35+,36+/m0/s1. The van der Waals surface area contributed by atoms with Gasteiger partial charge < -0.3 is 72.6 Å². The van der Waals surface area contributed by atoms with Crippen molar-refractivity contribution in [2.45, 2.75) is 146 Å². The summed E-state index contributed by atoms with van der Waals surface area (Å²) in [5.41, 5.74) is 0. The molecule has 0 aromatic heterocycles. The first-order valence-corrected chi connectivity index (χ1v) is 19.9. The summed E-state index contributed by atoms with van der Waals surface area (Å²) >= 11 is 0. The van der Waals surface area contributed by atoms with Gasteiger partial charge in [-0.2, -0.15) is 26.3 Å². The highest BCUT2D eigenvalue weighted by molar-refractivity contribution is 5.83. The zero-order valence-electron chi connectivity index (χ0n) is 38.2. The average molecular weight is 1030 g/mol. The fourth-order valence-corrected chi connectivity index (χ4v) is 6.97. The van der Waals surface area contributed by atoms with Crippen molar-refractivity contribution in [2.75, 3.05) is 27.4 Å². The van der Waals surface area contributed by atoms with Crippen LogP contribution in [0.4, 0.5) is 26.3 Å². The van der Waals surface area contributed by atoms with Gasteiger partial charge >= 0.3 is 77.9 Å². The first kappa shape index (κ1) is 59.7. The number of hydrogen-bond acceptors (Lipinski definition) is 24. The molecule has 0 saturated carbocycles. The van der Waals surface area contributed by atoms with Gasteiger partial charge in [0.1, 0.15) is 31.0 Å². The Morgan fingerprint density at radius 3 is 1.30 bits per heavy atom. The van der Waals surface area contributed by atoms with Gasteiger partial charge in [-0.3, -0.25) is 43.2 Å². The number of alkyl halides is 6. The monoisotopic (exact) mass is 1030 g/mol. The second-order valence-corrected chi connectivity index (χ2v) is 14.9. The Morgan fingerprint density at radius 1 is 0.557 bits per heavy atom. The summed E-state index contributed by atoms with van der Waals surface area (Å²) in [5.74, 6) is -25.1. The second kappa shape index (κ2) is 24.4. The largest absolute Gasteiger partial charge is 0.471 e. The lowest BCUT2D eigenvalue weighted by molar-refractivity contribution is -0.325. The molecule has 3 N–H and O–H groups in total. The van der Waals surface area contributed by atoms with Gasteiger partial charge in [0, 0.05) is 48.5 Å². The topological polar surface area (TPSA) is 343 Å². The predicted octanol–water partition coefficient (Wildman–Crippen LogP) is -1.44. The maximum absolute atomic E-state index is 14.0. The van der Waals surface area contributed by atoms with E-state index in [0.717, 1.165) is 13.8 Å². The summed E-state index contributed by atoms with van der Waals surface area (Å²) < 4.78 is 146. The van der Waals surface area contributed by atoms with Crippen LogP contribution in [0.2, 0.25) is 0 Å². The van der Waals surface area contributed by atoms with Crippen LogP contribution >= 0.6 is 0 Å². The van der Waals surface area contributed by atoms with Crippen molar-refractivity contribution in [1.29, 1.82) is 0 Å². The molecule has 2 heterocycles. The molecule has 396 valence electrons. The van der Waals surface area contributed by atoms with Crippen LogP contribution < -0.4 is 10.6 Å². The number of esters is 9. The van der Waals surface area contributed by atoms with Gasteiger partial charge in [-0.15, -0.1) is 0 Å². The van der Waals surface area contributed by atoms with E-state index in [9.17, 15) is 84.2 Å². The first-order valence-electron chi connectivity index (χ1n) is 19.9. The van der Waals surface area contributed by atoms with Crippen molar-refractivity contribution >= 4 is 65.5 Å². The van der Waals surface area contributed by atoms with Crippen LogP contribution in [0.1, 0.15) is 61.3 Å². The zero-order valence-corrected chi connectivity index (χ0v) is 38.2. The number of aliphatic hydroxyl groups is 1. The molecule has 0 aromatic carbocycles. The van der Waals surface area contributed by atoms with Crippen LogP contribution in [0.25, 0.3) is 0 Å². The molecule has 12 atom stereocenters. The SMILES string of the molecule is COC(=O)[C@@]1(OC[C@@H](OC(C)=O)[C@@H](OC(C)=O)[C@@H]2O[C@@](O)(C(=O)OC)C[C@H](OC(C)=O)[C@H]2NC(=O)C(F)(F)F)C[C@H](OC(C)=O)[C@@H](NC(=O)C(F)(F)F)[C@H]([C@H](OC(C)=O)[C@@H](COC(C)=O)OC(C)=O)O1. The van der Waals surface area contributed by atoms with Gasteiger partial charge in [0.2, 0.25) is 0 Å². The van der Waals surface area contributed by atoms with Crippen LogP contribution in [0, 0.1) is 0 Å². The van der Waals surface area contributed by atoms with Gasteiger partial charge in [-0.25, -0.2) is 9.59 Å². The average Bonchev–Trinajstić information content (AvgIpc) is 3.21. The van der Waals surface area contributed by atoms with E-state index in [4.69, 9.17) is 52.1 Å². The van der Waals surface area contributed by atoms with Crippen molar-refractivity contribution in [2.24, 2.45) is 0 Å². The van der Waals surface area contributed by atoms with Crippen LogP contribution in [-0.2, 0) is 110 Å². The number of nitrogens with one attached hydrogen (secondary N) is 2. The minimum atomic E-state index is -5.75. The lowest BCUT2D eigenvalue weighted by atomic mass is 9.87. The lowest BCUT2D eigenvalue weighted by Crippen LogP contribution is -2.71. The van der Waals surface area contributed by atoms with Crippen LogP contribution in [0.15, 0.2) is 0 Å². The van der Waals surface area contributed by atoms with E-state index in [2.05, 4.69) is 4.74 Å². The third kappa shape index (κ3) is 16.6.